The van der Waals surface area contributed by atoms with Crippen molar-refractivity contribution in [3.05, 3.63) is 63.4 Å². The van der Waals surface area contributed by atoms with Crippen LogP contribution >= 0.6 is 15.9 Å². The van der Waals surface area contributed by atoms with E-state index in [1.807, 2.05) is 0 Å². The number of aromatic nitrogens is 2. The van der Waals surface area contributed by atoms with E-state index in [0.29, 0.717) is 15.6 Å². The standard InChI is InChI=1S/C28H28BrN3O10/c1-15(33)39-14-24(40-16(2)34)26(42-18(4)36)25(41-17(3)35)23(37)13-30-32-27(19-8-6-5-7-9-19)31-22-11-10-20(29)12-21(22)28(32)38/h5-12,24-26,30H,13-14H2,1-4H3. The SMILES string of the molecule is CC(=O)OCC(OC(C)=O)C(OC(C)=O)C(OC(C)=O)C(=O)CNn1c(-c2ccccc2)nc2ccc(Br)cc2c1=O. The molecular formula is C28H28BrN3O10. The van der Waals surface area contributed by atoms with Crippen molar-refractivity contribution in [3.63, 3.8) is 0 Å². The minimum absolute atomic E-state index is 0.191. The largest absolute Gasteiger partial charge is 0.462 e. The van der Waals surface area contributed by atoms with Gasteiger partial charge in [-0.25, -0.2) is 9.66 Å². The van der Waals surface area contributed by atoms with Crippen LogP contribution in [0.3, 0.4) is 0 Å². The van der Waals surface area contributed by atoms with E-state index in [2.05, 4.69) is 26.3 Å². The van der Waals surface area contributed by atoms with Crippen LogP contribution < -0.4 is 11.0 Å². The third kappa shape index (κ3) is 8.46. The molecule has 13 nitrogen and oxygen atoms in total. The average molecular weight is 646 g/mol. The van der Waals surface area contributed by atoms with E-state index in [-0.39, 0.29) is 11.2 Å². The van der Waals surface area contributed by atoms with Gasteiger partial charge in [-0.3, -0.25) is 28.8 Å². The highest BCUT2D eigenvalue weighted by Crippen LogP contribution is 2.21. The summed E-state index contributed by atoms with van der Waals surface area (Å²) in [4.78, 5) is 78.9. The predicted octanol–water partition coefficient (Wildman–Crippen LogP) is 2.30. The van der Waals surface area contributed by atoms with Crippen LogP contribution in [0.15, 0.2) is 57.8 Å². The van der Waals surface area contributed by atoms with Crippen molar-refractivity contribution in [1.29, 1.82) is 0 Å². The Balaban J connectivity index is 2.04. The molecule has 0 bridgehead atoms. The molecule has 0 saturated carbocycles. The van der Waals surface area contributed by atoms with E-state index in [1.54, 1.807) is 48.5 Å². The van der Waals surface area contributed by atoms with Gasteiger partial charge in [0.05, 0.1) is 17.4 Å². The number of fused-ring (bicyclic) bond motifs is 1. The summed E-state index contributed by atoms with van der Waals surface area (Å²) in [6, 6.07) is 13.7. The monoisotopic (exact) mass is 645 g/mol. The molecular weight excluding hydrogens is 618 g/mol. The highest BCUT2D eigenvalue weighted by molar-refractivity contribution is 9.10. The third-order valence-corrected chi connectivity index (χ3v) is 6.11. The van der Waals surface area contributed by atoms with Crippen LogP contribution in [0.4, 0.5) is 0 Å². The minimum atomic E-state index is -1.82. The van der Waals surface area contributed by atoms with E-state index in [1.165, 1.54) is 0 Å². The Labute approximate surface area is 248 Å². The second-order valence-corrected chi connectivity index (χ2v) is 9.87. The number of benzene rings is 2. The van der Waals surface area contributed by atoms with Gasteiger partial charge in [-0.1, -0.05) is 46.3 Å². The van der Waals surface area contributed by atoms with Gasteiger partial charge >= 0.3 is 23.9 Å². The van der Waals surface area contributed by atoms with Gasteiger partial charge in [0.25, 0.3) is 5.56 Å². The highest BCUT2D eigenvalue weighted by Gasteiger charge is 2.42. The van der Waals surface area contributed by atoms with Gasteiger partial charge in [0.1, 0.15) is 6.61 Å². The molecule has 0 fully saturated rings. The van der Waals surface area contributed by atoms with Crippen LogP contribution in [0.2, 0.25) is 0 Å². The van der Waals surface area contributed by atoms with Gasteiger partial charge in [0, 0.05) is 37.7 Å². The number of carbonyl (C=O) groups excluding carboxylic acids is 5. The summed E-state index contributed by atoms with van der Waals surface area (Å²) in [6.07, 6.45) is -5.02. The van der Waals surface area contributed by atoms with Crippen molar-refractivity contribution < 1.29 is 42.9 Å². The Morgan fingerprint density at radius 1 is 0.881 bits per heavy atom. The number of halogens is 1. The number of nitrogens with zero attached hydrogens (tertiary/aromatic N) is 2. The van der Waals surface area contributed by atoms with E-state index in [4.69, 9.17) is 18.9 Å². The fourth-order valence-electron chi connectivity index (χ4n) is 3.97. The van der Waals surface area contributed by atoms with Crippen LogP contribution in [-0.4, -0.2) is 70.8 Å². The zero-order valence-electron chi connectivity index (χ0n) is 23.1. The van der Waals surface area contributed by atoms with Crippen LogP contribution in [-0.2, 0) is 42.9 Å². The molecule has 0 radical (unpaired) electrons. The van der Waals surface area contributed by atoms with E-state index < -0.39 is 66.7 Å². The summed E-state index contributed by atoms with van der Waals surface area (Å²) < 4.78 is 22.3. The van der Waals surface area contributed by atoms with Gasteiger partial charge in [0.15, 0.2) is 23.8 Å². The van der Waals surface area contributed by atoms with Gasteiger partial charge in [-0.15, -0.1) is 0 Å². The number of ether oxygens (including phenoxy) is 4. The molecule has 0 saturated heterocycles. The van der Waals surface area contributed by atoms with Crippen molar-refractivity contribution in [1.82, 2.24) is 9.66 Å². The molecule has 42 heavy (non-hydrogen) atoms. The molecule has 3 unspecified atom stereocenters. The molecule has 222 valence electrons. The summed E-state index contributed by atoms with van der Waals surface area (Å²) in [5.41, 5.74) is 3.18. The first-order valence-electron chi connectivity index (χ1n) is 12.6. The zero-order chi connectivity index (χ0) is 31.0. The molecule has 2 aromatic carbocycles. The Morgan fingerprint density at radius 3 is 2.12 bits per heavy atom. The fraction of sp³-hybridized carbons (Fsp3) is 0.321. The molecule has 3 atom stereocenters. The first kappa shape index (κ1) is 31.9. The molecule has 3 aromatic rings. The maximum absolute atomic E-state index is 13.6. The van der Waals surface area contributed by atoms with Crippen molar-refractivity contribution in [2.24, 2.45) is 0 Å². The number of rotatable bonds is 12. The number of carbonyl (C=O) groups is 5. The molecule has 0 aliphatic rings. The summed E-state index contributed by atoms with van der Waals surface area (Å²) in [5.74, 6) is -4.07. The fourth-order valence-corrected chi connectivity index (χ4v) is 4.33. The molecule has 14 heteroatoms. The molecule has 0 amide bonds. The van der Waals surface area contributed by atoms with E-state index in [0.717, 1.165) is 32.4 Å². The number of hydrogen-bond acceptors (Lipinski definition) is 12. The maximum atomic E-state index is 13.6. The molecule has 3 rings (SSSR count). The third-order valence-electron chi connectivity index (χ3n) is 5.62. The maximum Gasteiger partial charge on any atom is 0.303 e. The van der Waals surface area contributed by atoms with Crippen molar-refractivity contribution in [3.8, 4) is 11.4 Å². The average Bonchev–Trinajstić information content (AvgIpc) is 2.92. The van der Waals surface area contributed by atoms with Crippen LogP contribution in [0.1, 0.15) is 27.7 Å². The quantitative estimate of drug-likeness (QED) is 0.226. The van der Waals surface area contributed by atoms with Crippen LogP contribution in [0.25, 0.3) is 22.3 Å². The smallest absolute Gasteiger partial charge is 0.303 e. The summed E-state index contributed by atoms with van der Waals surface area (Å²) in [7, 11) is 0. The zero-order valence-corrected chi connectivity index (χ0v) is 24.7. The summed E-state index contributed by atoms with van der Waals surface area (Å²) in [5, 5.41) is 0.245. The lowest BCUT2D eigenvalue weighted by molar-refractivity contribution is -0.190. The number of nitrogens with one attached hydrogen (secondary N) is 1. The molecule has 1 heterocycles. The van der Waals surface area contributed by atoms with Crippen molar-refractivity contribution >= 4 is 56.5 Å². The Hall–Kier alpha value is -4.59. The first-order valence-corrected chi connectivity index (χ1v) is 13.4. The molecule has 1 aromatic heterocycles. The number of Topliss-reactive ketones (excluding diaryl/α,β-unsaturated/α-hetero) is 1. The lowest BCUT2D eigenvalue weighted by Gasteiger charge is -2.31. The van der Waals surface area contributed by atoms with Crippen LogP contribution in [0, 0.1) is 0 Å². The topological polar surface area (TPSA) is 169 Å². The molecule has 1 N–H and O–H groups in total. The molecule has 0 aliphatic heterocycles. The second-order valence-electron chi connectivity index (χ2n) is 8.96. The Bertz CT molecular complexity index is 1560. The number of ketones is 1. The Morgan fingerprint density at radius 2 is 1.52 bits per heavy atom. The molecule has 0 spiro atoms. The van der Waals surface area contributed by atoms with Crippen molar-refractivity contribution in [2.75, 3.05) is 18.6 Å². The van der Waals surface area contributed by atoms with Gasteiger partial charge in [0.2, 0.25) is 6.10 Å². The Kier molecular flexibility index (Phi) is 10.9. The highest BCUT2D eigenvalue weighted by atomic mass is 79.9. The number of esters is 4. The lowest BCUT2D eigenvalue weighted by atomic mass is 10.0. The molecule has 0 aliphatic carbocycles. The first-order chi connectivity index (χ1) is 19.9. The summed E-state index contributed by atoms with van der Waals surface area (Å²) in [6.45, 7) is 2.97. The van der Waals surface area contributed by atoms with Crippen molar-refractivity contribution in [2.45, 2.75) is 46.0 Å². The minimum Gasteiger partial charge on any atom is -0.462 e. The predicted molar refractivity (Wildman–Crippen MR) is 152 cm³/mol. The van der Waals surface area contributed by atoms with E-state index >= 15 is 0 Å². The second kappa shape index (κ2) is 14.3. The van der Waals surface area contributed by atoms with Gasteiger partial charge < -0.3 is 24.4 Å². The van der Waals surface area contributed by atoms with Gasteiger partial charge in [-0.05, 0) is 18.2 Å². The van der Waals surface area contributed by atoms with E-state index in [9.17, 15) is 28.8 Å². The lowest BCUT2D eigenvalue weighted by Crippen LogP contribution is -2.52. The normalized spacial score (nSPS) is 12.9. The number of hydrogen-bond donors (Lipinski definition) is 1. The van der Waals surface area contributed by atoms with Crippen LogP contribution in [0.5, 0.6) is 0 Å². The summed E-state index contributed by atoms with van der Waals surface area (Å²) >= 11 is 3.34. The van der Waals surface area contributed by atoms with Gasteiger partial charge in [-0.2, -0.15) is 0 Å².